The average molecular weight is 283 g/mol. The summed E-state index contributed by atoms with van der Waals surface area (Å²) in [6, 6.07) is 0. The number of unbranched alkanes of at least 4 members (excludes halogenated alkanes) is 4. The number of hydrogen-bond donors (Lipinski definition) is 0. The Morgan fingerprint density at radius 3 is 2.35 bits per heavy atom. The summed E-state index contributed by atoms with van der Waals surface area (Å²) in [5.74, 6) is -0.811. The number of ether oxygens (including phenoxy) is 3. The van der Waals surface area contributed by atoms with E-state index in [2.05, 4.69) is 16.1 Å². The molecule has 0 saturated heterocycles. The van der Waals surface area contributed by atoms with Gasteiger partial charge < -0.3 is 14.2 Å². The van der Waals surface area contributed by atoms with Crippen molar-refractivity contribution in [3.8, 4) is 6.26 Å². The van der Waals surface area contributed by atoms with Crippen LogP contribution in [0, 0.1) is 11.5 Å². The maximum absolute atomic E-state index is 11.3. The Morgan fingerprint density at radius 1 is 1.00 bits per heavy atom. The van der Waals surface area contributed by atoms with Crippen molar-refractivity contribution in [2.24, 2.45) is 0 Å². The molecule has 0 aliphatic heterocycles. The van der Waals surface area contributed by atoms with Crippen LogP contribution in [-0.2, 0) is 23.8 Å². The molecule has 0 aliphatic carbocycles. The quantitative estimate of drug-likeness (QED) is 0.236. The number of nitriles is 1. The van der Waals surface area contributed by atoms with Gasteiger partial charge in [-0.25, -0.2) is 4.79 Å². The minimum Gasteiger partial charge on any atom is -0.462 e. The Morgan fingerprint density at radius 2 is 1.65 bits per heavy atom. The highest BCUT2D eigenvalue weighted by Crippen LogP contribution is 2.06. The molecule has 112 valence electrons. The molecule has 0 aliphatic rings. The molecule has 0 rings (SSSR count). The third-order valence-corrected chi connectivity index (χ3v) is 2.45. The number of carbonyl (C=O) groups excluding carboxylic acids is 2. The molecule has 0 N–H and O–H groups in total. The first-order chi connectivity index (χ1) is 9.70. The molecule has 0 unspecified atom stereocenters. The normalized spacial score (nSPS) is 9.35. The number of rotatable bonds is 12. The summed E-state index contributed by atoms with van der Waals surface area (Å²) in [7, 11) is 0. The second kappa shape index (κ2) is 13.4. The summed E-state index contributed by atoms with van der Waals surface area (Å²) in [5.41, 5.74) is 0. The SMILES string of the molecule is C=CC(=O)OCCOC(=O)CCCCCCCOC#N. The molecule has 0 aromatic heterocycles. The van der Waals surface area contributed by atoms with Gasteiger partial charge in [0.1, 0.15) is 19.8 Å². The van der Waals surface area contributed by atoms with E-state index in [1.165, 1.54) is 0 Å². The van der Waals surface area contributed by atoms with E-state index in [0.29, 0.717) is 13.0 Å². The Labute approximate surface area is 119 Å². The summed E-state index contributed by atoms with van der Waals surface area (Å²) >= 11 is 0. The van der Waals surface area contributed by atoms with E-state index in [1.807, 2.05) is 0 Å². The molecule has 0 heterocycles. The molecule has 0 aromatic carbocycles. The van der Waals surface area contributed by atoms with Gasteiger partial charge in [0.05, 0.1) is 0 Å². The van der Waals surface area contributed by atoms with Crippen molar-refractivity contribution >= 4 is 11.9 Å². The van der Waals surface area contributed by atoms with Crippen molar-refractivity contribution in [3.63, 3.8) is 0 Å². The molecule has 0 fully saturated rings. The van der Waals surface area contributed by atoms with E-state index >= 15 is 0 Å². The third kappa shape index (κ3) is 12.4. The molecule has 0 amide bonds. The zero-order valence-corrected chi connectivity index (χ0v) is 11.6. The molecule has 0 radical (unpaired) electrons. The van der Waals surface area contributed by atoms with Crippen LogP contribution in [0.4, 0.5) is 0 Å². The summed E-state index contributed by atoms with van der Waals surface area (Å²) in [5, 5.41) is 8.15. The van der Waals surface area contributed by atoms with E-state index in [9.17, 15) is 9.59 Å². The molecule has 6 nitrogen and oxygen atoms in total. The third-order valence-electron chi connectivity index (χ3n) is 2.45. The second-order valence-corrected chi connectivity index (χ2v) is 4.05. The smallest absolute Gasteiger partial charge is 0.330 e. The maximum atomic E-state index is 11.3. The van der Waals surface area contributed by atoms with Crippen LogP contribution in [0.3, 0.4) is 0 Å². The Hall–Kier alpha value is -2.03. The summed E-state index contributed by atoms with van der Waals surface area (Å²) < 4.78 is 14.1. The van der Waals surface area contributed by atoms with E-state index < -0.39 is 5.97 Å². The van der Waals surface area contributed by atoms with Gasteiger partial charge in [-0.15, -0.1) is 0 Å². The molecule has 6 heteroatoms. The Kier molecular flexibility index (Phi) is 12.0. The minimum atomic E-state index is -0.526. The zero-order chi connectivity index (χ0) is 15.1. The van der Waals surface area contributed by atoms with E-state index in [-0.39, 0.29) is 19.2 Å². The summed E-state index contributed by atoms with van der Waals surface area (Å²) in [6.45, 7) is 3.83. The topological polar surface area (TPSA) is 85.6 Å². The summed E-state index contributed by atoms with van der Waals surface area (Å²) in [6.07, 6.45) is 7.59. The molecule has 0 spiro atoms. The van der Waals surface area contributed by atoms with Crippen LogP contribution in [0.1, 0.15) is 38.5 Å². The van der Waals surface area contributed by atoms with Crippen LogP contribution in [0.2, 0.25) is 0 Å². The second-order valence-electron chi connectivity index (χ2n) is 4.05. The molecule has 0 saturated carbocycles. The lowest BCUT2D eigenvalue weighted by atomic mass is 10.1. The molecule has 0 atom stereocenters. The van der Waals surface area contributed by atoms with Gasteiger partial charge >= 0.3 is 11.9 Å². The lowest BCUT2D eigenvalue weighted by Gasteiger charge is -2.05. The molecule has 20 heavy (non-hydrogen) atoms. The first-order valence-electron chi connectivity index (χ1n) is 6.66. The van der Waals surface area contributed by atoms with Crippen LogP contribution in [0.15, 0.2) is 12.7 Å². The van der Waals surface area contributed by atoms with Gasteiger partial charge in [0.2, 0.25) is 0 Å². The standard InChI is InChI=1S/C14H21NO5/c1-2-13(16)19-10-11-20-14(17)8-6-4-3-5-7-9-18-12-15/h2H,1,3-11H2. The largest absolute Gasteiger partial charge is 0.462 e. The van der Waals surface area contributed by atoms with E-state index in [1.54, 1.807) is 6.26 Å². The number of carbonyl (C=O) groups is 2. The monoisotopic (exact) mass is 283 g/mol. The number of esters is 2. The van der Waals surface area contributed by atoms with Crippen molar-refractivity contribution in [1.82, 2.24) is 0 Å². The minimum absolute atomic E-state index is 0.0511. The van der Waals surface area contributed by atoms with Crippen LogP contribution >= 0.6 is 0 Å². The van der Waals surface area contributed by atoms with Crippen LogP contribution in [-0.4, -0.2) is 31.8 Å². The van der Waals surface area contributed by atoms with Gasteiger partial charge in [0, 0.05) is 12.5 Å². The van der Waals surface area contributed by atoms with Crippen LogP contribution in [0.5, 0.6) is 0 Å². The Bertz CT molecular complexity index is 335. The average Bonchev–Trinajstić information content (AvgIpc) is 2.46. The fourth-order valence-corrected chi connectivity index (χ4v) is 1.45. The van der Waals surface area contributed by atoms with E-state index in [0.717, 1.165) is 38.2 Å². The zero-order valence-electron chi connectivity index (χ0n) is 11.6. The van der Waals surface area contributed by atoms with Gasteiger partial charge in [-0.2, -0.15) is 5.26 Å². The van der Waals surface area contributed by atoms with Crippen molar-refractivity contribution in [2.75, 3.05) is 19.8 Å². The lowest BCUT2D eigenvalue weighted by Crippen LogP contribution is -2.12. The first-order valence-corrected chi connectivity index (χ1v) is 6.66. The predicted octanol–water partition coefficient (Wildman–Crippen LogP) is 2.10. The number of hydrogen-bond acceptors (Lipinski definition) is 6. The van der Waals surface area contributed by atoms with Crippen LogP contribution < -0.4 is 0 Å². The van der Waals surface area contributed by atoms with Gasteiger partial charge in [-0.1, -0.05) is 25.8 Å². The van der Waals surface area contributed by atoms with Crippen molar-refractivity contribution in [1.29, 1.82) is 5.26 Å². The maximum Gasteiger partial charge on any atom is 0.330 e. The lowest BCUT2D eigenvalue weighted by molar-refractivity contribution is -0.149. The predicted molar refractivity (Wildman–Crippen MR) is 71.4 cm³/mol. The van der Waals surface area contributed by atoms with Crippen LogP contribution in [0.25, 0.3) is 0 Å². The van der Waals surface area contributed by atoms with Gasteiger partial charge in [0.25, 0.3) is 6.26 Å². The highest BCUT2D eigenvalue weighted by molar-refractivity contribution is 5.81. The highest BCUT2D eigenvalue weighted by Gasteiger charge is 2.03. The van der Waals surface area contributed by atoms with Gasteiger partial charge in [0.15, 0.2) is 0 Å². The first kappa shape index (κ1) is 18.0. The molecule has 0 aromatic rings. The van der Waals surface area contributed by atoms with Gasteiger partial charge in [-0.3, -0.25) is 4.79 Å². The fourth-order valence-electron chi connectivity index (χ4n) is 1.45. The molecular weight excluding hydrogens is 262 g/mol. The number of nitrogens with zero attached hydrogens (tertiary/aromatic N) is 1. The van der Waals surface area contributed by atoms with Gasteiger partial charge in [-0.05, 0) is 12.8 Å². The fraction of sp³-hybridized carbons (Fsp3) is 0.643. The molecule has 0 bridgehead atoms. The van der Waals surface area contributed by atoms with Crippen molar-refractivity contribution < 1.29 is 23.8 Å². The summed E-state index contributed by atoms with van der Waals surface area (Å²) in [4.78, 5) is 22.0. The van der Waals surface area contributed by atoms with Crippen molar-refractivity contribution in [3.05, 3.63) is 12.7 Å². The van der Waals surface area contributed by atoms with Crippen molar-refractivity contribution in [2.45, 2.75) is 38.5 Å². The van der Waals surface area contributed by atoms with E-state index in [4.69, 9.17) is 10.00 Å². The highest BCUT2D eigenvalue weighted by atomic mass is 16.6. The molecular formula is C14H21NO5. The Balaban J connectivity index is 3.26.